The second-order valence-corrected chi connectivity index (χ2v) is 6.69. The standard InChI is InChI=1S/C25H20FNO2/c1-2-29-25(28)22-19-10-6-7-11-20(19)23(26)21(24(22)27)18-14-12-17(13-15-18)16-8-4-3-5-9-16/h3-15H,2,27H2,1H3. The summed E-state index contributed by atoms with van der Waals surface area (Å²) < 4.78 is 20.6. The van der Waals surface area contributed by atoms with Crippen molar-refractivity contribution in [2.75, 3.05) is 12.3 Å². The molecule has 0 spiro atoms. The molecule has 0 aromatic heterocycles. The highest BCUT2D eigenvalue weighted by Gasteiger charge is 2.23. The van der Waals surface area contributed by atoms with E-state index < -0.39 is 11.8 Å². The summed E-state index contributed by atoms with van der Waals surface area (Å²) in [6, 6.07) is 24.2. The maximum Gasteiger partial charge on any atom is 0.340 e. The van der Waals surface area contributed by atoms with Crippen molar-refractivity contribution in [3.05, 3.63) is 90.2 Å². The first-order valence-electron chi connectivity index (χ1n) is 9.44. The zero-order valence-electron chi connectivity index (χ0n) is 16.0. The molecular formula is C25H20FNO2. The lowest BCUT2D eigenvalue weighted by molar-refractivity contribution is 0.0530. The Kier molecular flexibility index (Phi) is 5.00. The minimum absolute atomic E-state index is 0.0899. The van der Waals surface area contributed by atoms with Crippen LogP contribution in [0, 0.1) is 5.82 Å². The summed E-state index contributed by atoms with van der Waals surface area (Å²) in [4.78, 5) is 12.6. The number of carbonyl (C=O) groups excluding carboxylic acids is 1. The topological polar surface area (TPSA) is 52.3 Å². The van der Waals surface area contributed by atoms with E-state index >= 15 is 4.39 Å². The number of anilines is 1. The smallest absolute Gasteiger partial charge is 0.340 e. The van der Waals surface area contributed by atoms with Crippen molar-refractivity contribution in [1.29, 1.82) is 0 Å². The van der Waals surface area contributed by atoms with Gasteiger partial charge < -0.3 is 10.5 Å². The third-order valence-corrected chi connectivity index (χ3v) is 4.95. The van der Waals surface area contributed by atoms with Crippen LogP contribution in [0.4, 0.5) is 10.1 Å². The Balaban J connectivity index is 1.91. The number of benzene rings is 4. The van der Waals surface area contributed by atoms with Gasteiger partial charge in [-0.1, -0.05) is 78.9 Å². The molecule has 0 heterocycles. The van der Waals surface area contributed by atoms with Crippen molar-refractivity contribution >= 4 is 22.4 Å². The predicted octanol–water partition coefficient (Wildman–Crippen LogP) is 6.07. The number of esters is 1. The van der Waals surface area contributed by atoms with Gasteiger partial charge in [-0.2, -0.15) is 0 Å². The molecule has 0 unspecified atom stereocenters. The Bertz CT molecular complexity index is 1190. The zero-order chi connectivity index (χ0) is 20.4. The monoisotopic (exact) mass is 385 g/mol. The molecule has 0 aliphatic rings. The average Bonchev–Trinajstić information content (AvgIpc) is 2.75. The number of fused-ring (bicyclic) bond motifs is 1. The molecule has 0 saturated carbocycles. The van der Waals surface area contributed by atoms with Crippen LogP contribution in [0.3, 0.4) is 0 Å². The summed E-state index contributed by atoms with van der Waals surface area (Å²) in [5, 5.41) is 0.789. The number of rotatable bonds is 4. The third kappa shape index (κ3) is 3.34. The van der Waals surface area contributed by atoms with Gasteiger partial charge in [-0.15, -0.1) is 0 Å². The summed E-state index contributed by atoms with van der Waals surface area (Å²) >= 11 is 0. The van der Waals surface area contributed by atoms with Gasteiger partial charge >= 0.3 is 5.97 Å². The SMILES string of the molecule is CCOC(=O)c1c(N)c(-c2ccc(-c3ccccc3)cc2)c(F)c2ccccc12. The van der Waals surface area contributed by atoms with Crippen molar-refractivity contribution in [1.82, 2.24) is 0 Å². The quantitative estimate of drug-likeness (QED) is 0.342. The summed E-state index contributed by atoms with van der Waals surface area (Å²) in [6.07, 6.45) is 0. The second kappa shape index (κ2) is 7.76. The number of halogens is 1. The lowest BCUT2D eigenvalue weighted by Crippen LogP contribution is -2.11. The molecule has 0 bridgehead atoms. The Morgan fingerprint density at radius 2 is 1.38 bits per heavy atom. The molecule has 3 nitrogen and oxygen atoms in total. The summed E-state index contributed by atoms with van der Waals surface area (Å²) in [5.41, 5.74) is 9.51. The fourth-order valence-electron chi connectivity index (χ4n) is 3.58. The van der Waals surface area contributed by atoms with Gasteiger partial charge in [0.1, 0.15) is 5.82 Å². The highest BCUT2D eigenvalue weighted by molar-refractivity contribution is 6.13. The van der Waals surface area contributed by atoms with Crippen LogP contribution in [0.25, 0.3) is 33.0 Å². The second-order valence-electron chi connectivity index (χ2n) is 6.69. The fourth-order valence-corrected chi connectivity index (χ4v) is 3.58. The van der Waals surface area contributed by atoms with Crippen molar-refractivity contribution in [3.8, 4) is 22.3 Å². The summed E-state index contributed by atoms with van der Waals surface area (Å²) in [7, 11) is 0. The number of carbonyl (C=O) groups is 1. The minimum atomic E-state index is -0.552. The first-order chi connectivity index (χ1) is 14.1. The molecule has 0 fully saturated rings. The van der Waals surface area contributed by atoms with Crippen LogP contribution in [0.15, 0.2) is 78.9 Å². The van der Waals surface area contributed by atoms with E-state index in [0.29, 0.717) is 16.3 Å². The van der Waals surface area contributed by atoms with Crippen LogP contribution in [0.5, 0.6) is 0 Å². The largest absolute Gasteiger partial charge is 0.462 e. The molecule has 29 heavy (non-hydrogen) atoms. The molecular weight excluding hydrogens is 365 g/mol. The van der Waals surface area contributed by atoms with Crippen LogP contribution in [-0.4, -0.2) is 12.6 Å². The van der Waals surface area contributed by atoms with Gasteiger partial charge in [0.2, 0.25) is 0 Å². The minimum Gasteiger partial charge on any atom is -0.462 e. The molecule has 144 valence electrons. The average molecular weight is 385 g/mol. The lowest BCUT2D eigenvalue weighted by Gasteiger charge is -2.16. The van der Waals surface area contributed by atoms with Crippen molar-refractivity contribution in [2.45, 2.75) is 6.92 Å². The number of hydrogen-bond donors (Lipinski definition) is 1. The van der Waals surface area contributed by atoms with Gasteiger partial charge in [-0.3, -0.25) is 0 Å². The third-order valence-electron chi connectivity index (χ3n) is 4.95. The molecule has 0 amide bonds. The molecule has 0 atom stereocenters. The van der Waals surface area contributed by atoms with Gasteiger partial charge in [0.15, 0.2) is 0 Å². The number of nitrogens with two attached hydrogens (primary N) is 1. The van der Waals surface area contributed by atoms with Crippen LogP contribution < -0.4 is 5.73 Å². The van der Waals surface area contributed by atoms with Crippen molar-refractivity contribution < 1.29 is 13.9 Å². The van der Waals surface area contributed by atoms with Gasteiger partial charge in [0, 0.05) is 16.3 Å². The predicted molar refractivity (Wildman–Crippen MR) is 115 cm³/mol. The molecule has 0 aliphatic carbocycles. The van der Waals surface area contributed by atoms with Gasteiger partial charge in [0.25, 0.3) is 0 Å². The first-order valence-corrected chi connectivity index (χ1v) is 9.44. The Morgan fingerprint density at radius 3 is 2.03 bits per heavy atom. The molecule has 4 aromatic rings. The molecule has 4 aromatic carbocycles. The van der Waals surface area contributed by atoms with Gasteiger partial charge in [0.05, 0.1) is 17.9 Å². The van der Waals surface area contributed by atoms with Crippen LogP contribution in [-0.2, 0) is 4.74 Å². The highest BCUT2D eigenvalue weighted by atomic mass is 19.1. The van der Waals surface area contributed by atoms with E-state index in [-0.39, 0.29) is 23.4 Å². The van der Waals surface area contributed by atoms with Crippen LogP contribution >= 0.6 is 0 Å². The Morgan fingerprint density at radius 1 is 0.828 bits per heavy atom. The van der Waals surface area contributed by atoms with E-state index in [1.165, 1.54) is 0 Å². The molecule has 0 saturated heterocycles. The number of nitrogen functional groups attached to an aromatic ring is 1. The molecule has 4 heteroatoms. The lowest BCUT2D eigenvalue weighted by atomic mass is 9.92. The summed E-state index contributed by atoms with van der Waals surface area (Å²) in [5.74, 6) is -0.998. The fraction of sp³-hybridized carbons (Fsp3) is 0.0800. The molecule has 0 radical (unpaired) electrons. The van der Waals surface area contributed by atoms with Crippen molar-refractivity contribution in [3.63, 3.8) is 0 Å². The van der Waals surface area contributed by atoms with E-state index in [9.17, 15) is 4.79 Å². The Labute approximate surface area is 168 Å². The van der Waals surface area contributed by atoms with E-state index in [1.807, 2.05) is 54.6 Å². The van der Waals surface area contributed by atoms with Gasteiger partial charge in [-0.25, -0.2) is 9.18 Å². The van der Waals surface area contributed by atoms with E-state index in [4.69, 9.17) is 10.5 Å². The van der Waals surface area contributed by atoms with Crippen LogP contribution in [0.2, 0.25) is 0 Å². The van der Waals surface area contributed by atoms with E-state index in [2.05, 4.69) is 0 Å². The van der Waals surface area contributed by atoms with E-state index in [0.717, 1.165) is 11.1 Å². The normalized spacial score (nSPS) is 10.8. The molecule has 0 aliphatic heterocycles. The first kappa shape index (κ1) is 18.7. The highest BCUT2D eigenvalue weighted by Crippen LogP contribution is 2.39. The maximum atomic E-state index is 15.4. The van der Waals surface area contributed by atoms with Crippen molar-refractivity contribution in [2.24, 2.45) is 0 Å². The number of hydrogen-bond acceptors (Lipinski definition) is 3. The maximum absolute atomic E-state index is 15.4. The summed E-state index contributed by atoms with van der Waals surface area (Å²) in [6.45, 7) is 1.94. The van der Waals surface area contributed by atoms with Gasteiger partial charge in [-0.05, 0) is 23.6 Å². The number of ether oxygens (including phenoxy) is 1. The zero-order valence-corrected chi connectivity index (χ0v) is 16.0. The van der Waals surface area contributed by atoms with E-state index in [1.54, 1.807) is 31.2 Å². The molecule has 2 N–H and O–H groups in total. The molecule has 4 rings (SSSR count). The Hall–Kier alpha value is -3.66. The van der Waals surface area contributed by atoms with Crippen LogP contribution in [0.1, 0.15) is 17.3 Å².